The lowest BCUT2D eigenvalue weighted by atomic mass is 9.94. The number of aromatic nitrogens is 2. The van der Waals surface area contributed by atoms with Crippen molar-refractivity contribution in [3.63, 3.8) is 0 Å². The van der Waals surface area contributed by atoms with Crippen LogP contribution < -0.4 is 15.0 Å². The van der Waals surface area contributed by atoms with E-state index in [2.05, 4.69) is 27.1 Å². The minimum absolute atomic E-state index is 0.00408. The van der Waals surface area contributed by atoms with Crippen molar-refractivity contribution >= 4 is 16.6 Å². The largest absolute Gasteiger partial charge is 0.508 e. The SMILES string of the molecule is CC1CCc2cc(O)cc(-c3ncc4c(N5C[C@H]6CC[C@@H](C5)N6)c(F)c(OC[C@@]56CCCN5C[C@H](F)C6)nc4c3F)c21. The van der Waals surface area contributed by atoms with Crippen LogP contribution in [0.1, 0.15) is 62.5 Å². The van der Waals surface area contributed by atoms with Crippen LogP contribution in [0.15, 0.2) is 18.3 Å². The molecule has 0 spiro atoms. The van der Waals surface area contributed by atoms with Crippen LogP contribution in [0.2, 0.25) is 0 Å². The number of fused-ring (bicyclic) bond motifs is 5. The highest BCUT2D eigenvalue weighted by Gasteiger charge is 2.49. The number of piperazine rings is 1. The van der Waals surface area contributed by atoms with Crippen LogP contribution in [0, 0.1) is 11.6 Å². The zero-order valence-electron chi connectivity index (χ0n) is 23.8. The number of alkyl halides is 1. The summed E-state index contributed by atoms with van der Waals surface area (Å²) in [5, 5.41) is 14.3. The molecule has 1 aliphatic carbocycles. The number of phenols is 1. The Bertz CT molecular complexity index is 1570. The van der Waals surface area contributed by atoms with Gasteiger partial charge in [0.2, 0.25) is 5.82 Å². The van der Waals surface area contributed by atoms with Gasteiger partial charge >= 0.3 is 0 Å². The molecule has 0 saturated carbocycles. The molecule has 4 fully saturated rings. The second kappa shape index (κ2) is 9.71. The van der Waals surface area contributed by atoms with E-state index in [0.717, 1.165) is 56.2 Å². The third kappa shape index (κ3) is 4.08. The average molecular weight is 580 g/mol. The number of benzene rings is 1. The molecule has 4 saturated heterocycles. The Morgan fingerprint density at radius 2 is 1.93 bits per heavy atom. The second-order valence-corrected chi connectivity index (χ2v) is 13.2. The van der Waals surface area contributed by atoms with Crippen molar-refractivity contribution in [2.45, 2.75) is 81.6 Å². The maximum atomic E-state index is 16.6. The van der Waals surface area contributed by atoms with E-state index in [1.807, 2.05) is 4.90 Å². The number of anilines is 1. The molecule has 5 atom stereocenters. The highest BCUT2D eigenvalue weighted by Crippen LogP contribution is 2.45. The first kappa shape index (κ1) is 26.5. The van der Waals surface area contributed by atoms with Gasteiger partial charge in [0.05, 0.1) is 11.2 Å². The Morgan fingerprint density at radius 1 is 1.12 bits per heavy atom. The van der Waals surface area contributed by atoms with E-state index in [1.54, 1.807) is 12.1 Å². The summed E-state index contributed by atoms with van der Waals surface area (Å²) in [7, 11) is 0. The molecule has 1 aromatic carbocycles. The van der Waals surface area contributed by atoms with Crippen molar-refractivity contribution in [1.82, 2.24) is 20.2 Å². The van der Waals surface area contributed by atoms with Crippen LogP contribution in [-0.2, 0) is 6.42 Å². The second-order valence-electron chi connectivity index (χ2n) is 13.2. The van der Waals surface area contributed by atoms with Gasteiger partial charge in [-0.15, -0.1) is 0 Å². The number of hydrogen-bond acceptors (Lipinski definition) is 7. The van der Waals surface area contributed by atoms with E-state index in [-0.39, 0.29) is 53.1 Å². The lowest BCUT2D eigenvalue weighted by Gasteiger charge is -2.36. The molecule has 222 valence electrons. The molecule has 3 aromatic rings. The fourth-order valence-corrected chi connectivity index (χ4v) is 8.55. The first-order valence-corrected chi connectivity index (χ1v) is 15.4. The summed E-state index contributed by atoms with van der Waals surface area (Å²) in [6, 6.07) is 3.77. The molecule has 5 aliphatic rings. The number of aryl methyl sites for hydroxylation is 1. The molecular formula is C32H36F3N5O2. The number of halogens is 3. The molecule has 6 heterocycles. The summed E-state index contributed by atoms with van der Waals surface area (Å²) in [5.74, 6) is -1.28. The van der Waals surface area contributed by atoms with Crippen molar-refractivity contribution in [3.8, 4) is 22.9 Å². The molecule has 4 aliphatic heterocycles. The zero-order valence-corrected chi connectivity index (χ0v) is 23.8. The molecule has 2 aromatic heterocycles. The van der Waals surface area contributed by atoms with Crippen LogP contribution in [0.25, 0.3) is 22.2 Å². The third-order valence-electron chi connectivity index (χ3n) is 10.5. The number of aromatic hydroxyl groups is 1. The Balaban J connectivity index is 1.26. The predicted molar refractivity (Wildman–Crippen MR) is 154 cm³/mol. The quantitative estimate of drug-likeness (QED) is 0.429. The Kier molecular flexibility index (Phi) is 6.13. The van der Waals surface area contributed by atoms with Gasteiger partial charge in [0.1, 0.15) is 29.7 Å². The smallest absolute Gasteiger partial charge is 0.253 e. The Morgan fingerprint density at radius 3 is 2.74 bits per heavy atom. The van der Waals surface area contributed by atoms with Crippen molar-refractivity contribution in [1.29, 1.82) is 0 Å². The highest BCUT2D eigenvalue weighted by molar-refractivity contribution is 5.95. The highest BCUT2D eigenvalue weighted by atomic mass is 19.1. The van der Waals surface area contributed by atoms with Crippen LogP contribution >= 0.6 is 0 Å². The van der Waals surface area contributed by atoms with Crippen LogP contribution in [0.4, 0.5) is 18.9 Å². The number of nitrogens with zero attached hydrogens (tertiary/aromatic N) is 4. The van der Waals surface area contributed by atoms with Gasteiger partial charge in [-0.1, -0.05) is 6.92 Å². The molecular weight excluding hydrogens is 543 g/mol. The summed E-state index contributed by atoms with van der Waals surface area (Å²) in [5.41, 5.74) is 2.39. The van der Waals surface area contributed by atoms with E-state index >= 15 is 8.78 Å². The maximum absolute atomic E-state index is 16.6. The van der Waals surface area contributed by atoms with Crippen LogP contribution in [0.5, 0.6) is 11.6 Å². The lowest BCUT2D eigenvalue weighted by Crippen LogP contribution is -2.51. The van der Waals surface area contributed by atoms with Crippen molar-refractivity contribution < 1.29 is 23.0 Å². The summed E-state index contributed by atoms with van der Waals surface area (Å²) in [4.78, 5) is 13.1. The standard InChI is InChI=1S/C32H36F3N5O2/c1-17-3-4-18-9-22(41)10-23(25(17)18)28-26(34)29-24(12-36-28)30(39-14-20-5-6-21(15-39)37-20)27(35)31(38-29)42-16-32-7-2-8-40(32)13-19(33)11-32/h9-10,12,17,19-21,37,41H,2-8,11,13-16H2,1H3/t17?,19-,20-,21+,32+/m1/s1. The molecule has 0 amide bonds. The average Bonchev–Trinajstić information content (AvgIpc) is 3.69. The van der Waals surface area contributed by atoms with Crippen molar-refractivity contribution in [2.75, 3.05) is 37.7 Å². The monoisotopic (exact) mass is 579 g/mol. The number of rotatable bonds is 5. The van der Waals surface area contributed by atoms with Gasteiger partial charge in [-0.2, -0.15) is 4.39 Å². The Hall–Kier alpha value is -3.11. The first-order chi connectivity index (χ1) is 20.3. The van der Waals surface area contributed by atoms with E-state index < -0.39 is 23.3 Å². The zero-order chi connectivity index (χ0) is 28.7. The summed E-state index contributed by atoms with van der Waals surface area (Å²) < 4.78 is 53.7. The number of hydrogen-bond donors (Lipinski definition) is 2. The summed E-state index contributed by atoms with van der Waals surface area (Å²) >= 11 is 0. The topological polar surface area (TPSA) is 73.8 Å². The van der Waals surface area contributed by atoms with Crippen molar-refractivity contribution in [3.05, 3.63) is 41.1 Å². The number of phenolic OH excluding ortho intramolecular Hbond substituents is 1. The van der Waals surface area contributed by atoms with E-state index in [4.69, 9.17) is 4.74 Å². The summed E-state index contributed by atoms with van der Waals surface area (Å²) in [6.45, 7) is 4.54. The number of nitrogens with one attached hydrogen (secondary N) is 1. The number of ether oxygens (including phenoxy) is 1. The molecule has 7 nitrogen and oxygen atoms in total. The first-order valence-electron chi connectivity index (χ1n) is 15.4. The van der Waals surface area contributed by atoms with Gasteiger partial charge in [0.25, 0.3) is 5.88 Å². The fraction of sp³-hybridized carbons (Fsp3) is 0.562. The van der Waals surface area contributed by atoms with Gasteiger partial charge in [-0.25, -0.2) is 13.8 Å². The van der Waals surface area contributed by atoms with E-state index in [9.17, 15) is 9.50 Å². The van der Waals surface area contributed by atoms with Gasteiger partial charge in [-0.05, 0) is 74.2 Å². The normalized spacial score (nSPS) is 30.3. The molecule has 2 N–H and O–H groups in total. The third-order valence-corrected chi connectivity index (χ3v) is 10.5. The minimum atomic E-state index is -0.937. The van der Waals surface area contributed by atoms with Gasteiger partial charge < -0.3 is 20.1 Å². The van der Waals surface area contributed by atoms with Gasteiger partial charge in [0, 0.05) is 55.3 Å². The van der Waals surface area contributed by atoms with Crippen molar-refractivity contribution in [2.24, 2.45) is 0 Å². The van der Waals surface area contributed by atoms with Crippen LogP contribution in [0.3, 0.4) is 0 Å². The predicted octanol–water partition coefficient (Wildman–Crippen LogP) is 5.23. The molecule has 42 heavy (non-hydrogen) atoms. The fourth-order valence-electron chi connectivity index (χ4n) is 8.55. The molecule has 0 radical (unpaired) electrons. The summed E-state index contributed by atoms with van der Waals surface area (Å²) in [6.07, 6.45) is 6.39. The Labute approximate surface area is 243 Å². The lowest BCUT2D eigenvalue weighted by molar-refractivity contribution is 0.108. The molecule has 2 bridgehead atoms. The van der Waals surface area contributed by atoms with E-state index in [0.29, 0.717) is 37.0 Å². The van der Waals surface area contributed by atoms with E-state index in [1.165, 1.54) is 6.20 Å². The number of pyridine rings is 2. The molecule has 10 heteroatoms. The minimum Gasteiger partial charge on any atom is -0.508 e. The maximum Gasteiger partial charge on any atom is 0.253 e. The van der Waals surface area contributed by atoms with Gasteiger partial charge in [-0.3, -0.25) is 9.88 Å². The van der Waals surface area contributed by atoms with Gasteiger partial charge in [0.15, 0.2) is 5.82 Å². The molecule has 1 unspecified atom stereocenters. The van der Waals surface area contributed by atoms with Crippen LogP contribution in [-0.4, -0.2) is 76.6 Å². The molecule has 8 rings (SSSR count).